The van der Waals surface area contributed by atoms with E-state index >= 15 is 0 Å². The normalized spacial score (nSPS) is 12.8. The average molecular weight is 432 g/mol. The van der Waals surface area contributed by atoms with Crippen LogP contribution in [0.15, 0.2) is 54.9 Å². The molecule has 0 aliphatic heterocycles. The second-order valence-corrected chi connectivity index (χ2v) is 7.66. The molecule has 0 saturated heterocycles. The number of nitrogens with one attached hydrogen (secondary N) is 3. The highest BCUT2D eigenvalue weighted by Crippen LogP contribution is 2.22. The van der Waals surface area contributed by atoms with Gasteiger partial charge in [-0.25, -0.2) is 0 Å². The Balaban J connectivity index is 1.58. The first-order valence-electron chi connectivity index (χ1n) is 10.4. The lowest BCUT2D eigenvalue weighted by atomic mass is 10.1. The Bertz CT molecular complexity index is 1120. The Morgan fingerprint density at radius 1 is 1.16 bits per heavy atom. The summed E-state index contributed by atoms with van der Waals surface area (Å²) in [7, 11) is 1.52. The fraction of sp³-hybridized carbons (Fsp3) is 0.261. The lowest BCUT2D eigenvalue weighted by Gasteiger charge is -2.22. The Hall–Kier alpha value is -4.01. The van der Waals surface area contributed by atoms with E-state index in [1.165, 1.54) is 18.1 Å². The predicted octanol–water partition coefficient (Wildman–Crippen LogP) is 1.75. The van der Waals surface area contributed by atoms with E-state index in [0.717, 1.165) is 18.4 Å². The molecule has 0 radical (unpaired) electrons. The van der Waals surface area contributed by atoms with Crippen LogP contribution in [0.1, 0.15) is 39.1 Å². The van der Waals surface area contributed by atoms with E-state index < -0.39 is 0 Å². The first-order valence-corrected chi connectivity index (χ1v) is 10.4. The van der Waals surface area contributed by atoms with E-state index in [1.807, 2.05) is 12.1 Å². The number of rotatable bonds is 8. The van der Waals surface area contributed by atoms with Crippen LogP contribution in [0.4, 0.5) is 0 Å². The van der Waals surface area contributed by atoms with Crippen molar-refractivity contribution in [3.05, 3.63) is 71.5 Å². The third-order valence-corrected chi connectivity index (χ3v) is 5.17. The van der Waals surface area contributed by atoms with Gasteiger partial charge in [-0.2, -0.15) is 5.10 Å². The summed E-state index contributed by atoms with van der Waals surface area (Å²) in [6, 6.07) is 12.7. The third-order valence-electron chi connectivity index (χ3n) is 5.17. The van der Waals surface area contributed by atoms with Gasteiger partial charge in [-0.1, -0.05) is 18.2 Å². The number of amides is 3. The lowest BCUT2D eigenvalue weighted by Crippen LogP contribution is -2.39. The summed E-state index contributed by atoms with van der Waals surface area (Å²) in [6.45, 7) is 0.0182. The Labute approximate surface area is 185 Å². The standard InChI is InChI=1S/C23H24N6O3/c1-24-20(30)14-29(13-15-5-4-6-16(11-15)22(31)27-17-8-9-17)23(32)18-12-26-28-21(18)19-7-2-3-10-25-19/h2-7,10-12,17H,8-9,13-14H2,1H3,(H,24,30)(H,26,28)(H,27,31). The first-order chi connectivity index (χ1) is 15.5. The van der Waals surface area contributed by atoms with Crippen LogP contribution in [0, 0.1) is 0 Å². The molecule has 2 aromatic heterocycles. The van der Waals surface area contributed by atoms with Crippen LogP contribution in [0.5, 0.6) is 0 Å². The zero-order valence-electron chi connectivity index (χ0n) is 17.7. The quantitative estimate of drug-likeness (QED) is 0.501. The number of benzene rings is 1. The van der Waals surface area contributed by atoms with Gasteiger partial charge in [0.1, 0.15) is 6.54 Å². The highest BCUT2D eigenvalue weighted by Gasteiger charge is 2.25. The number of nitrogens with zero attached hydrogens (tertiary/aromatic N) is 3. The van der Waals surface area contributed by atoms with Crippen molar-refractivity contribution in [1.82, 2.24) is 30.7 Å². The summed E-state index contributed by atoms with van der Waals surface area (Å²) in [4.78, 5) is 43.7. The molecule has 0 bridgehead atoms. The molecule has 3 N–H and O–H groups in total. The van der Waals surface area contributed by atoms with Crippen molar-refractivity contribution in [3.8, 4) is 11.4 Å². The van der Waals surface area contributed by atoms with Gasteiger partial charge in [-0.3, -0.25) is 24.5 Å². The van der Waals surface area contributed by atoms with E-state index in [2.05, 4.69) is 25.8 Å². The van der Waals surface area contributed by atoms with Crippen LogP contribution >= 0.6 is 0 Å². The number of hydrogen-bond donors (Lipinski definition) is 3. The molecule has 0 spiro atoms. The fourth-order valence-electron chi connectivity index (χ4n) is 3.30. The maximum Gasteiger partial charge on any atom is 0.258 e. The van der Waals surface area contributed by atoms with Gasteiger partial charge < -0.3 is 15.5 Å². The van der Waals surface area contributed by atoms with E-state index in [0.29, 0.717) is 22.5 Å². The van der Waals surface area contributed by atoms with E-state index in [1.54, 1.807) is 36.5 Å². The number of likely N-dealkylation sites (N-methyl/N-ethyl adjacent to an activating group) is 1. The van der Waals surface area contributed by atoms with Crippen molar-refractivity contribution in [2.24, 2.45) is 0 Å². The summed E-state index contributed by atoms with van der Waals surface area (Å²) in [5.41, 5.74) is 2.64. The predicted molar refractivity (Wildman–Crippen MR) is 118 cm³/mol. The number of carbonyl (C=O) groups excluding carboxylic acids is 3. The molecule has 1 aliphatic rings. The molecule has 1 aliphatic carbocycles. The topological polar surface area (TPSA) is 120 Å². The summed E-state index contributed by atoms with van der Waals surface area (Å²) >= 11 is 0. The van der Waals surface area contributed by atoms with E-state index in [4.69, 9.17) is 0 Å². The minimum absolute atomic E-state index is 0.134. The molecule has 3 aromatic rings. The molecule has 4 rings (SSSR count). The van der Waals surface area contributed by atoms with Crippen molar-refractivity contribution in [3.63, 3.8) is 0 Å². The van der Waals surface area contributed by atoms with E-state index in [-0.39, 0.29) is 36.9 Å². The van der Waals surface area contributed by atoms with Gasteiger partial charge in [-0.15, -0.1) is 0 Å². The van der Waals surface area contributed by atoms with Gasteiger partial charge in [0.2, 0.25) is 5.91 Å². The molecule has 9 heteroatoms. The zero-order chi connectivity index (χ0) is 22.5. The highest BCUT2D eigenvalue weighted by molar-refractivity contribution is 6.01. The summed E-state index contributed by atoms with van der Waals surface area (Å²) in [5, 5.41) is 12.3. The number of hydrogen-bond acceptors (Lipinski definition) is 5. The number of aromatic amines is 1. The monoisotopic (exact) mass is 432 g/mol. The molecule has 32 heavy (non-hydrogen) atoms. The van der Waals surface area contributed by atoms with E-state index in [9.17, 15) is 14.4 Å². The van der Waals surface area contributed by atoms with Crippen molar-refractivity contribution >= 4 is 17.7 Å². The van der Waals surface area contributed by atoms with Crippen LogP contribution in [-0.2, 0) is 11.3 Å². The van der Waals surface area contributed by atoms with Crippen molar-refractivity contribution in [1.29, 1.82) is 0 Å². The second kappa shape index (κ2) is 9.42. The molecule has 0 atom stereocenters. The zero-order valence-corrected chi connectivity index (χ0v) is 17.7. The smallest absolute Gasteiger partial charge is 0.258 e. The van der Waals surface area contributed by atoms with Crippen LogP contribution in [-0.4, -0.2) is 57.4 Å². The molecule has 0 unspecified atom stereocenters. The molecule has 164 valence electrons. The molecule has 1 aromatic carbocycles. The maximum atomic E-state index is 13.4. The molecular formula is C23H24N6O3. The summed E-state index contributed by atoms with van der Waals surface area (Å²) in [5.74, 6) is -0.800. The highest BCUT2D eigenvalue weighted by atomic mass is 16.2. The van der Waals surface area contributed by atoms with Gasteiger partial charge in [0.25, 0.3) is 11.8 Å². The minimum atomic E-state index is -0.365. The van der Waals surface area contributed by atoms with Crippen LogP contribution in [0.2, 0.25) is 0 Å². The van der Waals surface area contributed by atoms with Crippen LogP contribution in [0.3, 0.4) is 0 Å². The number of carbonyl (C=O) groups is 3. The van der Waals surface area contributed by atoms with Gasteiger partial charge in [0.15, 0.2) is 0 Å². The molecule has 9 nitrogen and oxygen atoms in total. The van der Waals surface area contributed by atoms with Crippen molar-refractivity contribution in [2.45, 2.75) is 25.4 Å². The molecule has 3 amide bonds. The van der Waals surface area contributed by atoms with Gasteiger partial charge in [-0.05, 0) is 42.7 Å². The third kappa shape index (κ3) is 5.00. The summed E-state index contributed by atoms with van der Waals surface area (Å²) in [6.07, 6.45) is 5.07. The Kier molecular flexibility index (Phi) is 6.25. The number of H-pyrrole nitrogens is 1. The number of aromatic nitrogens is 3. The molecule has 1 saturated carbocycles. The largest absolute Gasteiger partial charge is 0.358 e. The van der Waals surface area contributed by atoms with Crippen molar-refractivity contribution in [2.75, 3.05) is 13.6 Å². The first kappa shape index (κ1) is 21.2. The average Bonchev–Trinajstić information content (AvgIpc) is 3.50. The second-order valence-electron chi connectivity index (χ2n) is 7.66. The van der Waals surface area contributed by atoms with Crippen LogP contribution in [0.25, 0.3) is 11.4 Å². The maximum absolute atomic E-state index is 13.4. The van der Waals surface area contributed by atoms with Gasteiger partial charge >= 0.3 is 0 Å². The summed E-state index contributed by atoms with van der Waals surface area (Å²) < 4.78 is 0. The van der Waals surface area contributed by atoms with Gasteiger partial charge in [0, 0.05) is 31.4 Å². The fourth-order valence-corrected chi connectivity index (χ4v) is 3.30. The van der Waals surface area contributed by atoms with Crippen molar-refractivity contribution < 1.29 is 14.4 Å². The Morgan fingerprint density at radius 2 is 2.00 bits per heavy atom. The van der Waals surface area contributed by atoms with Gasteiger partial charge in [0.05, 0.1) is 23.1 Å². The SMILES string of the molecule is CNC(=O)CN(Cc1cccc(C(=O)NC2CC2)c1)C(=O)c1cn[nH]c1-c1ccccn1. The Morgan fingerprint density at radius 3 is 2.72 bits per heavy atom. The molecular weight excluding hydrogens is 408 g/mol. The molecule has 1 fully saturated rings. The van der Waals surface area contributed by atoms with Crippen LogP contribution < -0.4 is 10.6 Å². The molecule has 2 heterocycles. The number of pyridine rings is 1. The minimum Gasteiger partial charge on any atom is -0.358 e. The lowest BCUT2D eigenvalue weighted by molar-refractivity contribution is -0.121.